The van der Waals surface area contributed by atoms with Crippen LogP contribution in [0.4, 0.5) is 5.69 Å². The third-order valence-electron chi connectivity index (χ3n) is 5.10. The second-order valence-corrected chi connectivity index (χ2v) is 8.66. The van der Waals surface area contributed by atoms with Crippen molar-refractivity contribution < 1.29 is 14.3 Å². The van der Waals surface area contributed by atoms with Crippen molar-refractivity contribution in [1.82, 2.24) is 20.2 Å². The molecule has 1 atom stereocenters. The number of methoxy groups -OCH3 is 1. The fraction of sp³-hybridized carbons (Fsp3) is 0.160. The Bertz CT molecular complexity index is 1320. The molecule has 0 fully saturated rings. The Labute approximate surface area is 201 Å². The van der Waals surface area contributed by atoms with Crippen LogP contribution in [0.15, 0.2) is 78.0 Å². The van der Waals surface area contributed by atoms with Gasteiger partial charge in [0.25, 0.3) is 0 Å². The number of thioether (sulfide) groups is 1. The van der Waals surface area contributed by atoms with Crippen LogP contribution in [0.5, 0.6) is 5.75 Å². The van der Waals surface area contributed by atoms with E-state index < -0.39 is 5.25 Å². The Kier molecular flexibility index (Phi) is 7.03. The largest absolute Gasteiger partial charge is 0.494 e. The molecule has 0 aliphatic heterocycles. The number of carbonyl (C=O) groups excluding carboxylic acids is 2. The van der Waals surface area contributed by atoms with E-state index in [2.05, 4.69) is 20.8 Å². The van der Waals surface area contributed by atoms with Crippen molar-refractivity contribution in [3.8, 4) is 11.4 Å². The summed E-state index contributed by atoms with van der Waals surface area (Å²) in [6.45, 7) is 3.46. The molecule has 172 valence electrons. The molecule has 0 saturated carbocycles. The minimum absolute atomic E-state index is 0.0728. The van der Waals surface area contributed by atoms with Gasteiger partial charge in [-0.25, -0.2) is 0 Å². The summed E-state index contributed by atoms with van der Waals surface area (Å²) in [6.07, 6.45) is 0. The number of aromatic nitrogens is 4. The highest BCUT2D eigenvalue weighted by Crippen LogP contribution is 2.37. The standard InChI is InChI=1S/C25H23N5O3S/c1-16-12-13-22(33-3)21(14-16)30-25(27-28-29-30)34-23(18-8-5-4-6-9-18)24(32)26-20-11-7-10-19(15-20)17(2)31/h4-15,23H,1-3H3,(H,26,32)/t23-/m1/s1. The van der Waals surface area contributed by atoms with Crippen molar-refractivity contribution in [1.29, 1.82) is 0 Å². The monoisotopic (exact) mass is 473 g/mol. The summed E-state index contributed by atoms with van der Waals surface area (Å²) < 4.78 is 7.06. The number of ether oxygens (including phenoxy) is 1. The number of hydrogen-bond donors (Lipinski definition) is 1. The number of tetrazole rings is 1. The van der Waals surface area contributed by atoms with E-state index in [9.17, 15) is 9.59 Å². The van der Waals surface area contributed by atoms with Gasteiger partial charge in [0.15, 0.2) is 5.78 Å². The van der Waals surface area contributed by atoms with Crippen LogP contribution in [0.2, 0.25) is 0 Å². The molecule has 4 rings (SSSR count). The summed E-state index contributed by atoms with van der Waals surface area (Å²) >= 11 is 1.23. The Hall–Kier alpha value is -3.98. The van der Waals surface area contributed by atoms with Crippen LogP contribution >= 0.6 is 11.8 Å². The summed E-state index contributed by atoms with van der Waals surface area (Å²) in [7, 11) is 1.58. The van der Waals surface area contributed by atoms with Crippen LogP contribution in [0.3, 0.4) is 0 Å². The van der Waals surface area contributed by atoms with E-state index in [1.54, 1.807) is 36.1 Å². The molecule has 1 amide bonds. The van der Waals surface area contributed by atoms with E-state index >= 15 is 0 Å². The van der Waals surface area contributed by atoms with Gasteiger partial charge in [-0.3, -0.25) is 9.59 Å². The van der Waals surface area contributed by atoms with Gasteiger partial charge in [-0.05, 0) is 59.7 Å². The molecule has 0 radical (unpaired) electrons. The van der Waals surface area contributed by atoms with Gasteiger partial charge in [0.1, 0.15) is 16.7 Å². The first-order valence-electron chi connectivity index (χ1n) is 10.5. The van der Waals surface area contributed by atoms with Crippen molar-refractivity contribution >= 4 is 29.1 Å². The van der Waals surface area contributed by atoms with Crippen molar-refractivity contribution in [2.75, 3.05) is 12.4 Å². The molecule has 0 unspecified atom stereocenters. The number of amides is 1. The second-order valence-electron chi connectivity index (χ2n) is 7.58. The van der Waals surface area contributed by atoms with E-state index in [-0.39, 0.29) is 11.7 Å². The van der Waals surface area contributed by atoms with Crippen LogP contribution in [0.25, 0.3) is 5.69 Å². The number of anilines is 1. The zero-order valence-electron chi connectivity index (χ0n) is 18.9. The number of Topliss-reactive ketones (excluding diaryl/α,β-unsaturated/α-hetero) is 1. The smallest absolute Gasteiger partial charge is 0.242 e. The Morgan fingerprint density at radius 1 is 1.03 bits per heavy atom. The van der Waals surface area contributed by atoms with Crippen LogP contribution in [0, 0.1) is 6.92 Å². The molecular formula is C25H23N5O3S. The van der Waals surface area contributed by atoms with Gasteiger partial charge >= 0.3 is 0 Å². The van der Waals surface area contributed by atoms with Crippen LogP contribution < -0.4 is 10.1 Å². The fourth-order valence-electron chi connectivity index (χ4n) is 3.40. The summed E-state index contributed by atoms with van der Waals surface area (Å²) in [5.41, 5.74) is 3.55. The van der Waals surface area contributed by atoms with Gasteiger partial charge < -0.3 is 10.1 Å². The number of hydrogen-bond acceptors (Lipinski definition) is 7. The minimum Gasteiger partial charge on any atom is -0.494 e. The highest BCUT2D eigenvalue weighted by atomic mass is 32.2. The number of rotatable bonds is 8. The Morgan fingerprint density at radius 3 is 2.56 bits per heavy atom. The lowest BCUT2D eigenvalue weighted by molar-refractivity contribution is -0.115. The summed E-state index contributed by atoms with van der Waals surface area (Å²) in [5.74, 6) is 0.278. The first kappa shape index (κ1) is 23.2. The van der Waals surface area contributed by atoms with Gasteiger partial charge in [-0.1, -0.05) is 60.3 Å². The lowest BCUT2D eigenvalue weighted by atomic mass is 10.1. The van der Waals surface area contributed by atoms with Gasteiger partial charge in [0.2, 0.25) is 11.1 Å². The molecule has 0 spiro atoms. The average molecular weight is 474 g/mol. The van der Waals surface area contributed by atoms with Crippen molar-refractivity contribution in [3.63, 3.8) is 0 Å². The summed E-state index contributed by atoms with van der Waals surface area (Å²) in [6, 6.07) is 22.0. The molecule has 0 aliphatic carbocycles. The number of nitrogens with zero attached hydrogens (tertiary/aromatic N) is 4. The zero-order chi connectivity index (χ0) is 24.1. The van der Waals surface area contributed by atoms with Gasteiger partial charge in [0.05, 0.1) is 7.11 Å². The highest BCUT2D eigenvalue weighted by molar-refractivity contribution is 8.00. The molecule has 0 aliphatic rings. The molecule has 8 nitrogen and oxygen atoms in total. The second kappa shape index (κ2) is 10.3. The quantitative estimate of drug-likeness (QED) is 0.294. The van der Waals surface area contributed by atoms with E-state index in [1.165, 1.54) is 18.7 Å². The maximum absolute atomic E-state index is 13.4. The average Bonchev–Trinajstić information content (AvgIpc) is 3.31. The fourth-order valence-corrected chi connectivity index (χ4v) is 4.39. The molecular weight excluding hydrogens is 450 g/mol. The normalized spacial score (nSPS) is 11.6. The van der Waals surface area contributed by atoms with Crippen LogP contribution in [0.1, 0.15) is 33.7 Å². The van der Waals surface area contributed by atoms with Crippen molar-refractivity contribution in [2.45, 2.75) is 24.3 Å². The molecule has 0 bridgehead atoms. The first-order valence-corrected chi connectivity index (χ1v) is 11.4. The van der Waals surface area contributed by atoms with E-state index in [0.717, 1.165) is 11.1 Å². The summed E-state index contributed by atoms with van der Waals surface area (Å²) in [5, 5.41) is 14.9. The molecule has 3 aromatic carbocycles. The molecule has 1 N–H and O–H groups in total. The third-order valence-corrected chi connectivity index (χ3v) is 6.29. The molecule has 1 heterocycles. The molecule has 1 aromatic heterocycles. The van der Waals surface area contributed by atoms with E-state index in [0.29, 0.717) is 27.8 Å². The number of benzene rings is 3. The van der Waals surface area contributed by atoms with Gasteiger partial charge in [-0.2, -0.15) is 4.68 Å². The van der Waals surface area contributed by atoms with Gasteiger partial charge in [-0.15, -0.1) is 5.10 Å². The number of ketones is 1. The lowest BCUT2D eigenvalue weighted by Gasteiger charge is -2.17. The zero-order valence-corrected chi connectivity index (χ0v) is 19.7. The number of aryl methyl sites for hydroxylation is 1. The predicted molar refractivity (Wildman–Crippen MR) is 131 cm³/mol. The first-order chi connectivity index (χ1) is 16.5. The van der Waals surface area contributed by atoms with Crippen LogP contribution in [-0.2, 0) is 4.79 Å². The minimum atomic E-state index is -0.650. The van der Waals surface area contributed by atoms with Crippen molar-refractivity contribution in [3.05, 3.63) is 89.5 Å². The maximum Gasteiger partial charge on any atom is 0.242 e. The topological polar surface area (TPSA) is 99.0 Å². The SMILES string of the molecule is COc1ccc(C)cc1-n1nnnc1S[C@@H](C(=O)Nc1cccc(C(C)=O)c1)c1ccccc1. The van der Waals surface area contributed by atoms with Crippen LogP contribution in [-0.4, -0.2) is 39.0 Å². The summed E-state index contributed by atoms with van der Waals surface area (Å²) in [4.78, 5) is 25.2. The molecule has 4 aromatic rings. The lowest BCUT2D eigenvalue weighted by Crippen LogP contribution is -2.20. The van der Waals surface area contributed by atoms with Crippen molar-refractivity contribution in [2.24, 2.45) is 0 Å². The highest BCUT2D eigenvalue weighted by Gasteiger charge is 2.26. The van der Waals surface area contributed by atoms with Gasteiger partial charge in [0, 0.05) is 11.3 Å². The number of carbonyl (C=O) groups is 2. The Balaban J connectivity index is 1.68. The van der Waals surface area contributed by atoms with E-state index in [1.807, 2.05) is 55.5 Å². The predicted octanol–water partition coefficient (Wildman–Crippen LogP) is 4.65. The molecule has 9 heteroatoms. The molecule has 34 heavy (non-hydrogen) atoms. The maximum atomic E-state index is 13.4. The third kappa shape index (κ3) is 5.15. The number of nitrogens with one attached hydrogen (secondary N) is 1. The Morgan fingerprint density at radius 2 is 1.82 bits per heavy atom. The van der Waals surface area contributed by atoms with E-state index in [4.69, 9.17) is 4.74 Å². The molecule has 0 saturated heterocycles.